The average Bonchev–Trinajstić information content (AvgIpc) is 2.18. The first-order valence-corrected chi connectivity index (χ1v) is 5.04. The smallest absolute Gasteiger partial charge is 0.319 e. The van der Waals surface area contributed by atoms with E-state index in [0.717, 1.165) is 13.1 Å². The molecule has 1 unspecified atom stereocenters. The lowest BCUT2D eigenvalue weighted by molar-refractivity contribution is -0.144. The second-order valence-electron chi connectivity index (χ2n) is 3.96. The van der Waals surface area contributed by atoms with E-state index < -0.39 is 0 Å². The summed E-state index contributed by atoms with van der Waals surface area (Å²) in [6.07, 6.45) is 0.244. The van der Waals surface area contributed by atoms with E-state index >= 15 is 0 Å². The Morgan fingerprint density at radius 2 is 2.36 bits per heavy atom. The molecule has 1 saturated heterocycles. The third kappa shape index (κ3) is 3.27. The van der Waals surface area contributed by atoms with Crippen molar-refractivity contribution in [3.63, 3.8) is 0 Å². The molecule has 0 aromatic heterocycles. The Morgan fingerprint density at radius 3 is 2.93 bits per heavy atom. The van der Waals surface area contributed by atoms with Gasteiger partial charge in [-0.15, -0.1) is 0 Å². The van der Waals surface area contributed by atoms with Crippen LogP contribution in [0.2, 0.25) is 0 Å². The highest BCUT2D eigenvalue weighted by Gasteiger charge is 2.24. The summed E-state index contributed by atoms with van der Waals surface area (Å²) in [5, 5.41) is 0. The average molecular weight is 201 g/mol. The van der Waals surface area contributed by atoms with Gasteiger partial charge in [0.15, 0.2) is 0 Å². The van der Waals surface area contributed by atoms with Crippen molar-refractivity contribution in [2.24, 2.45) is 5.92 Å². The molecule has 0 bridgehead atoms. The first kappa shape index (κ1) is 11.5. The number of carbonyl (C=O) groups is 1. The van der Waals surface area contributed by atoms with E-state index in [0.29, 0.717) is 19.1 Å². The number of hydrogen-bond acceptors (Lipinski definition) is 4. The van der Waals surface area contributed by atoms with Crippen molar-refractivity contribution in [2.75, 3.05) is 33.4 Å². The minimum atomic E-state index is -0.172. The fraction of sp³-hybridized carbons (Fsp3) is 0.900. The number of ether oxygens (including phenoxy) is 2. The van der Waals surface area contributed by atoms with Gasteiger partial charge < -0.3 is 9.47 Å². The monoisotopic (exact) mass is 201 g/mol. The largest absolute Gasteiger partial charge is 0.468 e. The summed E-state index contributed by atoms with van der Waals surface area (Å²) in [7, 11) is 1.42. The summed E-state index contributed by atoms with van der Waals surface area (Å²) < 4.78 is 10.2. The van der Waals surface area contributed by atoms with Crippen LogP contribution in [0.25, 0.3) is 0 Å². The maximum Gasteiger partial charge on any atom is 0.319 e. The maximum atomic E-state index is 11.1. The molecule has 1 aliphatic heterocycles. The molecule has 1 rings (SSSR count). The zero-order chi connectivity index (χ0) is 10.6. The molecule has 1 atom stereocenters. The van der Waals surface area contributed by atoms with Crippen LogP contribution in [-0.2, 0) is 14.3 Å². The van der Waals surface area contributed by atoms with Crippen LogP contribution in [-0.4, -0.2) is 50.3 Å². The number of hydrogen-bond donors (Lipinski definition) is 0. The Labute approximate surface area is 85.2 Å². The molecule has 0 N–H and O–H groups in total. The highest BCUT2D eigenvalue weighted by Crippen LogP contribution is 2.12. The molecule has 4 nitrogen and oxygen atoms in total. The van der Waals surface area contributed by atoms with E-state index in [9.17, 15) is 4.79 Å². The van der Waals surface area contributed by atoms with E-state index in [2.05, 4.69) is 23.5 Å². The van der Waals surface area contributed by atoms with E-state index in [1.165, 1.54) is 7.11 Å². The molecule has 0 saturated carbocycles. The molecule has 1 fully saturated rings. The highest BCUT2D eigenvalue weighted by molar-refractivity contribution is 5.71. The Morgan fingerprint density at radius 1 is 1.64 bits per heavy atom. The van der Waals surface area contributed by atoms with E-state index in [1.54, 1.807) is 0 Å². The molecule has 0 aromatic carbocycles. The third-order valence-electron chi connectivity index (χ3n) is 2.50. The van der Waals surface area contributed by atoms with Gasteiger partial charge in [0.05, 0.1) is 26.4 Å². The van der Waals surface area contributed by atoms with E-state index in [-0.39, 0.29) is 12.1 Å². The van der Waals surface area contributed by atoms with Crippen LogP contribution in [0, 0.1) is 5.92 Å². The van der Waals surface area contributed by atoms with Gasteiger partial charge in [-0.1, -0.05) is 13.8 Å². The van der Waals surface area contributed by atoms with Gasteiger partial charge in [0.2, 0.25) is 0 Å². The molecule has 0 amide bonds. The number of morpholine rings is 1. The van der Waals surface area contributed by atoms with Crippen molar-refractivity contribution in [2.45, 2.75) is 20.0 Å². The second-order valence-corrected chi connectivity index (χ2v) is 3.96. The quantitative estimate of drug-likeness (QED) is 0.624. The van der Waals surface area contributed by atoms with Crippen molar-refractivity contribution in [3.05, 3.63) is 0 Å². The normalized spacial score (nSPS) is 23.9. The van der Waals surface area contributed by atoms with Gasteiger partial charge in [-0.25, -0.2) is 0 Å². The van der Waals surface area contributed by atoms with Crippen molar-refractivity contribution >= 4 is 5.97 Å². The fourth-order valence-corrected chi connectivity index (χ4v) is 1.53. The van der Waals surface area contributed by atoms with Crippen molar-refractivity contribution < 1.29 is 14.3 Å². The summed E-state index contributed by atoms with van der Waals surface area (Å²) in [6.45, 7) is 6.99. The Bertz CT molecular complexity index is 194. The summed E-state index contributed by atoms with van der Waals surface area (Å²) in [5.74, 6) is 0.324. The standard InChI is InChI=1S/C10H19NO3/c1-8(2)9-6-11(4-5-14-9)7-10(12)13-3/h8-9H,4-7H2,1-3H3. The van der Waals surface area contributed by atoms with Crippen LogP contribution >= 0.6 is 0 Å². The summed E-state index contributed by atoms with van der Waals surface area (Å²) >= 11 is 0. The predicted octanol–water partition coefficient (Wildman–Crippen LogP) is 0.516. The lowest BCUT2D eigenvalue weighted by atomic mass is 10.1. The number of esters is 1. The minimum absolute atomic E-state index is 0.172. The Balaban J connectivity index is 2.36. The zero-order valence-electron chi connectivity index (χ0n) is 9.16. The fourth-order valence-electron chi connectivity index (χ4n) is 1.53. The van der Waals surface area contributed by atoms with E-state index in [4.69, 9.17) is 4.74 Å². The Kier molecular flexibility index (Phi) is 4.35. The zero-order valence-corrected chi connectivity index (χ0v) is 9.16. The minimum Gasteiger partial charge on any atom is -0.468 e. The van der Waals surface area contributed by atoms with Crippen LogP contribution in [0.3, 0.4) is 0 Å². The molecular formula is C10H19NO3. The van der Waals surface area contributed by atoms with Gasteiger partial charge in [-0.2, -0.15) is 0 Å². The van der Waals surface area contributed by atoms with Gasteiger partial charge in [-0.05, 0) is 5.92 Å². The highest BCUT2D eigenvalue weighted by atomic mass is 16.5. The molecule has 0 aromatic rings. The van der Waals surface area contributed by atoms with Gasteiger partial charge in [0, 0.05) is 13.1 Å². The van der Waals surface area contributed by atoms with Crippen LogP contribution < -0.4 is 0 Å². The second kappa shape index (κ2) is 5.32. The SMILES string of the molecule is COC(=O)CN1CCOC(C(C)C)C1. The van der Waals surface area contributed by atoms with Crippen LogP contribution in [0.1, 0.15) is 13.8 Å². The van der Waals surface area contributed by atoms with Gasteiger partial charge in [0.25, 0.3) is 0 Å². The van der Waals surface area contributed by atoms with Crippen molar-refractivity contribution in [1.29, 1.82) is 0 Å². The number of carbonyl (C=O) groups excluding carboxylic acids is 1. The summed E-state index contributed by atoms with van der Waals surface area (Å²) in [5.41, 5.74) is 0. The maximum absolute atomic E-state index is 11.1. The lowest BCUT2D eigenvalue weighted by Crippen LogP contribution is -2.46. The van der Waals surface area contributed by atoms with Gasteiger partial charge in [0.1, 0.15) is 0 Å². The molecule has 0 spiro atoms. The molecule has 4 heteroatoms. The summed E-state index contributed by atoms with van der Waals surface area (Å²) in [4.78, 5) is 13.1. The first-order chi connectivity index (χ1) is 6.63. The van der Waals surface area contributed by atoms with Crippen LogP contribution in [0.4, 0.5) is 0 Å². The van der Waals surface area contributed by atoms with Crippen LogP contribution in [0.5, 0.6) is 0 Å². The number of rotatable bonds is 3. The predicted molar refractivity (Wildman–Crippen MR) is 53.0 cm³/mol. The number of methoxy groups -OCH3 is 1. The van der Waals surface area contributed by atoms with Crippen molar-refractivity contribution in [3.8, 4) is 0 Å². The molecule has 1 heterocycles. The molecule has 82 valence electrons. The van der Waals surface area contributed by atoms with Crippen LogP contribution in [0.15, 0.2) is 0 Å². The molecular weight excluding hydrogens is 182 g/mol. The van der Waals surface area contributed by atoms with Crippen molar-refractivity contribution in [1.82, 2.24) is 4.90 Å². The Hall–Kier alpha value is -0.610. The molecule has 0 radical (unpaired) electrons. The molecule has 1 aliphatic rings. The van der Waals surface area contributed by atoms with E-state index in [1.807, 2.05) is 0 Å². The first-order valence-electron chi connectivity index (χ1n) is 5.04. The summed E-state index contributed by atoms with van der Waals surface area (Å²) in [6, 6.07) is 0. The lowest BCUT2D eigenvalue weighted by Gasteiger charge is -2.34. The topological polar surface area (TPSA) is 38.8 Å². The number of nitrogens with zero attached hydrogens (tertiary/aromatic N) is 1. The molecule has 14 heavy (non-hydrogen) atoms. The van der Waals surface area contributed by atoms with Gasteiger partial charge >= 0.3 is 5.97 Å². The third-order valence-corrected chi connectivity index (χ3v) is 2.50. The van der Waals surface area contributed by atoms with Gasteiger partial charge in [-0.3, -0.25) is 9.69 Å². The molecule has 0 aliphatic carbocycles.